The molecule has 0 N–H and O–H groups in total. The van der Waals surface area contributed by atoms with Crippen molar-refractivity contribution in [2.45, 2.75) is 31.8 Å². The van der Waals surface area contributed by atoms with E-state index < -0.39 is 16.0 Å². The summed E-state index contributed by atoms with van der Waals surface area (Å²) in [4.78, 5) is 16.9. The van der Waals surface area contributed by atoms with Crippen LogP contribution in [0.1, 0.15) is 33.5 Å². The molecule has 27 heavy (non-hydrogen) atoms. The van der Waals surface area contributed by atoms with E-state index in [1.165, 1.54) is 21.7 Å². The van der Waals surface area contributed by atoms with Crippen LogP contribution >= 0.6 is 11.3 Å². The number of aromatic nitrogens is 1. The summed E-state index contributed by atoms with van der Waals surface area (Å²) in [6.45, 7) is 5.14. The molecule has 0 spiro atoms. The van der Waals surface area contributed by atoms with Crippen molar-refractivity contribution in [3.63, 3.8) is 0 Å². The predicted molar refractivity (Wildman–Crippen MR) is 101 cm³/mol. The van der Waals surface area contributed by atoms with Crippen LogP contribution in [-0.2, 0) is 32.5 Å². The van der Waals surface area contributed by atoms with Crippen LogP contribution in [0.25, 0.3) is 0 Å². The summed E-state index contributed by atoms with van der Waals surface area (Å²) in [6.07, 6.45) is 0.833. The van der Waals surface area contributed by atoms with Gasteiger partial charge in [0.2, 0.25) is 10.0 Å². The molecule has 0 atom stereocenters. The fourth-order valence-corrected chi connectivity index (χ4v) is 5.12. The van der Waals surface area contributed by atoms with Crippen molar-refractivity contribution in [1.82, 2.24) is 9.29 Å². The molecule has 1 aromatic heterocycles. The van der Waals surface area contributed by atoms with Gasteiger partial charge >= 0.3 is 5.97 Å². The number of thiazole rings is 1. The van der Waals surface area contributed by atoms with E-state index in [0.29, 0.717) is 37.6 Å². The van der Waals surface area contributed by atoms with Crippen LogP contribution in [-0.4, -0.2) is 50.0 Å². The molecule has 146 valence electrons. The maximum absolute atomic E-state index is 12.9. The molecule has 1 fully saturated rings. The van der Waals surface area contributed by atoms with Gasteiger partial charge in [0, 0.05) is 18.5 Å². The van der Waals surface area contributed by atoms with Gasteiger partial charge in [0.25, 0.3) is 0 Å². The number of sulfonamides is 1. The Hall–Kier alpha value is -1.81. The van der Waals surface area contributed by atoms with Gasteiger partial charge in [-0.3, -0.25) is 0 Å². The molecule has 1 saturated heterocycles. The number of aryl methyl sites for hydroxylation is 2. The van der Waals surface area contributed by atoms with Crippen molar-refractivity contribution in [1.29, 1.82) is 0 Å². The number of hydrogen-bond donors (Lipinski definition) is 0. The van der Waals surface area contributed by atoms with E-state index in [4.69, 9.17) is 9.47 Å². The smallest absolute Gasteiger partial charge is 0.338 e. The number of nitrogens with zero attached hydrogens (tertiary/aromatic N) is 2. The third-order valence-corrected chi connectivity index (χ3v) is 7.35. The van der Waals surface area contributed by atoms with Gasteiger partial charge in [-0.1, -0.05) is 13.0 Å². The molecule has 0 saturated carbocycles. The van der Waals surface area contributed by atoms with Crippen molar-refractivity contribution in [2.24, 2.45) is 0 Å². The van der Waals surface area contributed by atoms with E-state index >= 15 is 0 Å². The van der Waals surface area contributed by atoms with Crippen LogP contribution in [0.3, 0.4) is 0 Å². The standard InChI is InChI=1S/C18H22N2O5S2/c1-3-17-19-15(12-26-17)11-25-18(21)14-5-4-13(2)16(10-14)27(22,23)20-6-8-24-9-7-20/h4-5,10,12H,3,6-9,11H2,1-2H3. The zero-order valence-corrected chi connectivity index (χ0v) is 16.9. The van der Waals surface area contributed by atoms with Crippen LogP contribution in [0.15, 0.2) is 28.5 Å². The summed E-state index contributed by atoms with van der Waals surface area (Å²) in [6, 6.07) is 4.59. The lowest BCUT2D eigenvalue weighted by Gasteiger charge is -2.26. The number of carbonyl (C=O) groups is 1. The zero-order chi connectivity index (χ0) is 19.4. The van der Waals surface area contributed by atoms with E-state index in [0.717, 1.165) is 11.4 Å². The molecule has 1 aliphatic heterocycles. The second-order valence-electron chi connectivity index (χ2n) is 6.16. The van der Waals surface area contributed by atoms with Crippen LogP contribution < -0.4 is 0 Å². The first-order valence-corrected chi connectivity index (χ1v) is 11.0. The Bertz CT molecular complexity index is 918. The van der Waals surface area contributed by atoms with Crippen molar-refractivity contribution in [3.8, 4) is 0 Å². The van der Waals surface area contributed by atoms with E-state index in [1.807, 2.05) is 12.3 Å². The van der Waals surface area contributed by atoms with Crippen LogP contribution in [0.4, 0.5) is 0 Å². The van der Waals surface area contributed by atoms with Crippen LogP contribution in [0.5, 0.6) is 0 Å². The van der Waals surface area contributed by atoms with Crippen molar-refractivity contribution in [3.05, 3.63) is 45.4 Å². The summed E-state index contributed by atoms with van der Waals surface area (Å²) in [5.74, 6) is -0.570. The van der Waals surface area contributed by atoms with Gasteiger partial charge in [-0.15, -0.1) is 11.3 Å². The van der Waals surface area contributed by atoms with Gasteiger partial charge < -0.3 is 9.47 Å². The predicted octanol–water partition coefficient (Wildman–Crippen LogP) is 2.39. The molecule has 2 aromatic rings. The Morgan fingerprint density at radius 2 is 2.07 bits per heavy atom. The highest BCUT2D eigenvalue weighted by molar-refractivity contribution is 7.89. The average Bonchev–Trinajstić information content (AvgIpc) is 3.15. The van der Waals surface area contributed by atoms with Gasteiger partial charge in [-0.25, -0.2) is 18.2 Å². The Morgan fingerprint density at radius 1 is 1.33 bits per heavy atom. The molecule has 0 bridgehead atoms. The molecule has 1 aromatic carbocycles. The SMILES string of the molecule is CCc1nc(COC(=O)c2ccc(C)c(S(=O)(=O)N3CCOCC3)c2)cs1. The summed E-state index contributed by atoms with van der Waals surface area (Å²) in [5, 5.41) is 2.84. The lowest BCUT2D eigenvalue weighted by molar-refractivity contribution is 0.0468. The lowest BCUT2D eigenvalue weighted by atomic mass is 10.1. The molecule has 1 aliphatic rings. The molecule has 9 heteroatoms. The average molecular weight is 411 g/mol. The third kappa shape index (κ3) is 4.55. The van der Waals surface area contributed by atoms with E-state index in [2.05, 4.69) is 4.98 Å². The maximum Gasteiger partial charge on any atom is 0.338 e. The monoisotopic (exact) mass is 410 g/mol. The topological polar surface area (TPSA) is 85.8 Å². The lowest BCUT2D eigenvalue weighted by Crippen LogP contribution is -2.40. The first-order valence-electron chi connectivity index (χ1n) is 8.70. The van der Waals surface area contributed by atoms with Gasteiger partial charge in [0.1, 0.15) is 6.61 Å². The number of morpholine rings is 1. The summed E-state index contributed by atoms with van der Waals surface area (Å²) >= 11 is 1.52. The molecule has 0 amide bonds. The first kappa shape index (κ1) is 19.9. The number of benzene rings is 1. The molecular formula is C18H22N2O5S2. The normalized spacial score (nSPS) is 15.6. The molecule has 7 nitrogen and oxygen atoms in total. The summed E-state index contributed by atoms with van der Waals surface area (Å²) in [7, 11) is -3.68. The minimum Gasteiger partial charge on any atom is -0.456 e. The number of ether oxygens (including phenoxy) is 2. The van der Waals surface area contributed by atoms with E-state index in [9.17, 15) is 13.2 Å². The highest BCUT2D eigenvalue weighted by Crippen LogP contribution is 2.23. The number of esters is 1. The van der Waals surface area contributed by atoms with E-state index in [-0.39, 0.29) is 17.1 Å². The molecular weight excluding hydrogens is 388 g/mol. The largest absolute Gasteiger partial charge is 0.456 e. The minimum atomic E-state index is -3.68. The van der Waals surface area contributed by atoms with Gasteiger partial charge in [-0.2, -0.15) is 4.31 Å². The summed E-state index contributed by atoms with van der Waals surface area (Å²) in [5.41, 5.74) is 1.49. The van der Waals surface area contributed by atoms with Gasteiger partial charge in [-0.05, 0) is 31.0 Å². The molecule has 0 radical (unpaired) electrons. The Labute approximate surface area is 163 Å². The zero-order valence-electron chi connectivity index (χ0n) is 15.3. The molecule has 0 aliphatic carbocycles. The number of carbonyl (C=O) groups excluding carboxylic acids is 1. The maximum atomic E-state index is 12.9. The van der Waals surface area contributed by atoms with Crippen molar-refractivity contribution in [2.75, 3.05) is 26.3 Å². The van der Waals surface area contributed by atoms with Crippen LogP contribution in [0.2, 0.25) is 0 Å². The molecule has 0 unspecified atom stereocenters. The first-order chi connectivity index (χ1) is 12.9. The fourth-order valence-electron chi connectivity index (χ4n) is 2.73. The van der Waals surface area contributed by atoms with E-state index in [1.54, 1.807) is 19.1 Å². The number of hydrogen-bond acceptors (Lipinski definition) is 7. The van der Waals surface area contributed by atoms with Gasteiger partial charge in [0.15, 0.2) is 0 Å². The van der Waals surface area contributed by atoms with Crippen molar-refractivity contribution < 1.29 is 22.7 Å². The molecule has 2 heterocycles. The number of rotatable bonds is 6. The second kappa shape index (κ2) is 8.47. The van der Waals surface area contributed by atoms with Crippen molar-refractivity contribution >= 4 is 27.3 Å². The van der Waals surface area contributed by atoms with Gasteiger partial charge in [0.05, 0.1) is 34.4 Å². The highest BCUT2D eigenvalue weighted by atomic mass is 32.2. The highest BCUT2D eigenvalue weighted by Gasteiger charge is 2.28. The Kier molecular flexibility index (Phi) is 6.25. The molecule has 3 rings (SSSR count). The quantitative estimate of drug-likeness (QED) is 0.680. The Balaban J connectivity index is 1.76. The summed E-state index contributed by atoms with van der Waals surface area (Å²) < 4.78 is 37.7. The third-order valence-electron chi connectivity index (χ3n) is 4.26. The minimum absolute atomic E-state index is 0.0642. The van der Waals surface area contributed by atoms with Crippen LogP contribution in [0, 0.1) is 6.92 Å². The fraction of sp³-hybridized carbons (Fsp3) is 0.444. The second-order valence-corrected chi connectivity index (χ2v) is 9.01. The Morgan fingerprint density at radius 3 is 2.74 bits per heavy atom.